The number of hydrogen-bond donors (Lipinski definition) is 2. The van der Waals surface area contributed by atoms with Gasteiger partial charge in [0.05, 0.1) is 0 Å². The van der Waals surface area contributed by atoms with Crippen LogP contribution in [-0.2, 0) is 16.0 Å². The van der Waals surface area contributed by atoms with Crippen LogP contribution in [0.1, 0.15) is 24.8 Å². The van der Waals surface area contributed by atoms with Crippen LogP contribution >= 0.6 is 0 Å². The zero-order chi connectivity index (χ0) is 15.2. The zero-order valence-electron chi connectivity index (χ0n) is 12.5. The predicted molar refractivity (Wildman–Crippen MR) is 82.5 cm³/mol. The van der Waals surface area contributed by atoms with Crippen LogP contribution in [0.25, 0.3) is 0 Å². The van der Waals surface area contributed by atoms with E-state index in [0.29, 0.717) is 25.9 Å². The number of carbonyl (C=O) groups excluding carboxylic acids is 2. The molecule has 0 bridgehead atoms. The van der Waals surface area contributed by atoms with E-state index in [0.717, 1.165) is 24.1 Å². The normalized spacial score (nSPS) is 15.8. The van der Waals surface area contributed by atoms with Crippen molar-refractivity contribution in [2.24, 2.45) is 5.92 Å². The summed E-state index contributed by atoms with van der Waals surface area (Å²) >= 11 is 0. The number of nitrogens with zero attached hydrogens (tertiary/aromatic N) is 1. The van der Waals surface area contributed by atoms with Gasteiger partial charge >= 0.3 is 0 Å². The maximum absolute atomic E-state index is 12.2. The molecule has 1 aromatic rings. The van der Waals surface area contributed by atoms with Crippen LogP contribution < -0.4 is 11.1 Å². The minimum absolute atomic E-state index is 0.0490. The maximum Gasteiger partial charge on any atom is 0.222 e. The quantitative estimate of drug-likeness (QED) is 0.817. The monoisotopic (exact) mass is 289 g/mol. The molecule has 1 aromatic carbocycles. The first kappa shape index (κ1) is 15.4. The zero-order valence-corrected chi connectivity index (χ0v) is 12.5. The maximum atomic E-state index is 12.2. The number of anilines is 1. The van der Waals surface area contributed by atoms with Crippen molar-refractivity contribution in [1.82, 2.24) is 10.2 Å². The highest BCUT2D eigenvalue weighted by Crippen LogP contribution is 2.18. The summed E-state index contributed by atoms with van der Waals surface area (Å²) in [6.07, 6.45) is 2.71. The smallest absolute Gasteiger partial charge is 0.222 e. The molecule has 0 radical (unpaired) electrons. The SMILES string of the molecule is CNC(=O)C1CCN(C(=O)CCc2cccc(N)c2)CC1. The molecule has 21 heavy (non-hydrogen) atoms. The minimum atomic E-state index is 0.0490. The Morgan fingerprint density at radius 2 is 2.05 bits per heavy atom. The Balaban J connectivity index is 1.78. The van der Waals surface area contributed by atoms with Crippen LogP contribution in [0.5, 0.6) is 0 Å². The molecule has 0 saturated carbocycles. The lowest BCUT2D eigenvalue weighted by Crippen LogP contribution is -2.42. The summed E-state index contributed by atoms with van der Waals surface area (Å²) in [4.78, 5) is 25.6. The number of nitrogen functional groups attached to an aromatic ring is 1. The van der Waals surface area contributed by atoms with E-state index in [4.69, 9.17) is 5.73 Å². The Morgan fingerprint density at radius 3 is 2.67 bits per heavy atom. The topological polar surface area (TPSA) is 75.4 Å². The predicted octanol–water partition coefficient (Wildman–Crippen LogP) is 1.19. The van der Waals surface area contributed by atoms with Gasteiger partial charge in [0, 0.05) is 38.2 Å². The molecule has 1 aliphatic heterocycles. The van der Waals surface area contributed by atoms with Gasteiger partial charge in [0.1, 0.15) is 0 Å². The molecule has 2 amide bonds. The van der Waals surface area contributed by atoms with E-state index in [-0.39, 0.29) is 17.7 Å². The van der Waals surface area contributed by atoms with Gasteiger partial charge in [0.25, 0.3) is 0 Å². The molecule has 0 aliphatic carbocycles. The summed E-state index contributed by atoms with van der Waals surface area (Å²) in [7, 11) is 1.66. The minimum Gasteiger partial charge on any atom is -0.399 e. The van der Waals surface area contributed by atoms with E-state index in [1.54, 1.807) is 7.05 Å². The van der Waals surface area contributed by atoms with Crippen LogP contribution in [0.4, 0.5) is 5.69 Å². The number of carbonyl (C=O) groups is 2. The lowest BCUT2D eigenvalue weighted by molar-refractivity contribution is -0.135. The van der Waals surface area contributed by atoms with E-state index < -0.39 is 0 Å². The lowest BCUT2D eigenvalue weighted by Gasteiger charge is -2.31. The van der Waals surface area contributed by atoms with E-state index >= 15 is 0 Å². The number of nitrogens with two attached hydrogens (primary N) is 1. The number of likely N-dealkylation sites (tertiary alicyclic amines) is 1. The van der Waals surface area contributed by atoms with E-state index in [9.17, 15) is 9.59 Å². The highest BCUT2D eigenvalue weighted by Gasteiger charge is 2.26. The highest BCUT2D eigenvalue weighted by molar-refractivity contribution is 5.80. The van der Waals surface area contributed by atoms with Crippen molar-refractivity contribution in [3.05, 3.63) is 29.8 Å². The summed E-state index contributed by atoms with van der Waals surface area (Å²) in [6.45, 7) is 1.35. The Bertz CT molecular complexity index is 508. The van der Waals surface area contributed by atoms with Crippen molar-refractivity contribution in [2.75, 3.05) is 25.9 Å². The number of piperidine rings is 1. The van der Waals surface area contributed by atoms with Gasteiger partial charge in [-0.1, -0.05) is 12.1 Å². The third-order valence-corrected chi connectivity index (χ3v) is 4.04. The summed E-state index contributed by atoms with van der Waals surface area (Å²) in [5, 5.41) is 2.68. The summed E-state index contributed by atoms with van der Waals surface area (Å²) in [6, 6.07) is 7.64. The molecule has 2 rings (SSSR count). The number of benzene rings is 1. The number of rotatable bonds is 4. The van der Waals surface area contributed by atoms with Gasteiger partial charge in [-0.25, -0.2) is 0 Å². The third-order valence-electron chi connectivity index (χ3n) is 4.04. The largest absolute Gasteiger partial charge is 0.399 e. The number of amides is 2. The first-order valence-corrected chi connectivity index (χ1v) is 7.44. The summed E-state index contributed by atoms with van der Waals surface area (Å²) < 4.78 is 0. The van der Waals surface area contributed by atoms with Crippen molar-refractivity contribution < 1.29 is 9.59 Å². The van der Waals surface area contributed by atoms with Crippen molar-refractivity contribution in [3.8, 4) is 0 Å². The van der Waals surface area contributed by atoms with Crippen molar-refractivity contribution in [2.45, 2.75) is 25.7 Å². The second-order valence-electron chi connectivity index (χ2n) is 5.51. The van der Waals surface area contributed by atoms with E-state index in [2.05, 4.69) is 5.32 Å². The second-order valence-corrected chi connectivity index (χ2v) is 5.51. The molecule has 1 heterocycles. The molecular weight excluding hydrogens is 266 g/mol. The number of hydrogen-bond acceptors (Lipinski definition) is 3. The fourth-order valence-electron chi connectivity index (χ4n) is 2.75. The van der Waals surface area contributed by atoms with Gasteiger partial charge in [-0.05, 0) is 37.0 Å². The van der Waals surface area contributed by atoms with Crippen LogP contribution in [0.3, 0.4) is 0 Å². The summed E-state index contributed by atoms with van der Waals surface area (Å²) in [5.74, 6) is 0.294. The van der Waals surface area contributed by atoms with Crippen LogP contribution in [0.15, 0.2) is 24.3 Å². The fraction of sp³-hybridized carbons (Fsp3) is 0.500. The van der Waals surface area contributed by atoms with Crippen LogP contribution in [0.2, 0.25) is 0 Å². The van der Waals surface area contributed by atoms with Crippen LogP contribution in [0, 0.1) is 5.92 Å². The van der Waals surface area contributed by atoms with Crippen molar-refractivity contribution in [1.29, 1.82) is 0 Å². The average Bonchev–Trinajstić information content (AvgIpc) is 2.52. The van der Waals surface area contributed by atoms with Gasteiger partial charge in [0.15, 0.2) is 0 Å². The molecule has 0 atom stereocenters. The van der Waals surface area contributed by atoms with Crippen LogP contribution in [-0.4, -0.2) is 36.9 Å². The molecule has 0 unspecified atom stereocenters. The van der Waals surface area contributed by atoms with Gasteiger partial charge in [-0.3, -0.25) is 9.59 Å². The first-order chi connectivity index (χ1) is 10.1. The summed E-state index contributed by atoms with van der Waals surface area (Å²) in [5.41, 5.74) is 7.55. The fourth-order valence-corrected chi connectivity index (χ4v) is 2.75. The molecule has 114 valence electrons. The number of aryl methyl sites for hydroxylation is 1. The Morgan fingerprint density at radius 1 is 1.33 bits per heavy atom. The molecule has 5 heteroatoms. The lowest BCUT2D eigenvalue weighted by atomic mass is 9.95. The van der Waals surface area contributed by atoms with E-state index in [1.165, 1.54) is 0 Å². The highest BCUT2D eigenvalue weighted by atomic mass is 16.2. The molecule has 1 saturated heterocycles. The Kier molecular flexibility index (Phi) is 5.20. The molecule has 3 N–H and O–H groups in total. The molecule has 1 aliphatic rings. The molecule has 0 spiro atoms. The van der Waals surface area contributed by atoms with Crippen molar-refractivity contribution >= 4 is 17.5 Å². The first-order valence-electron chi connectivity index (χ1n) is 7.44. The molecule has 1 fully saturated rings. The molecule has 0 aromatic heterocycles. The Labute approximate surface area is 125 Å². The standard InChI is InChI=1S/C16H23N3O2/c1-18-16(21)13-7-9-19(10-8-13)15(20)6-5-12-3-2-4-14(17)11-12/h2-4,11,13H,5-10,17H2,1H3,(H,18,21). The van der Waals surface area contributed by atoms with Gasteiger partial charge in [-0.15, -0.1) is 0 Å². The van der Waals surface area contributed by atoms with Crippen molar-refractivity contribution in [3.63, 3.8) is 0 Å². The molecule has 5 nitrogen and oxygen atoms in total. The van der Waals surface area contributed by atoms with E-state index in [1.807, 2.05) is 29.2 Å². The second kappa shape index (κ2) is 7.11. The van der Waals surface area contributed by atoms with Gasteiger partial charge in [0.2, 0.25) is 11.8 Å². The van der Waals surface area contributed by atoms with Gasteiger partial charge < -0.3 is 16.0 Å². The molecular formula is C16H23N3O2. The Hall–Kier alpha value is -2.04. The van der Waals surface area contributed by atoms with Gasteiger partial charge in [-0.2, -0.15) is 0 Å². The number of nitrogens with one attached hydrogen (secondary N) is 1. The average molecular weight is 289 g/mol. The third kappa shape index (κ3) is 4.21.